The lowest BCUT2D eigenvalue weighted by atomic mass is 10.1. The van der Waals surface area contributed by atoms with Gasteiger partial charge in [-0.05, 0) is 18.2 Å². The molecule has 0 saturated carbocycles. The van der Waals surface area contributed by atoms with Crippen LogP contribution in [0, 0.1) is 0 Å². The minimum absolute atomic E-state index is 0.744. The van der Waals surface area contributed by atoms with Gasteiger partial charge in [0, 0.05) is 29.7 Å². The molecule has 0 atom stereocenters. The topological polar surface area (TPSA) is 60.0 Å². The number of nitrogens with zero attached hydrogens (tertiary/aromatic N) is 2. The Labute approximate surface area is 110 Å². The molecule has 0 unspecified atom stereocenters. The van der Waals surface area contributed by atoms with Crippen molar-refractivity contribution in [2.24, 2.45) is 0 Å². The van der Waals surface area contributed by atoms with E-state index >= 15 is 0 Å². The average Bonchev–Trinajstić information content (AvgIpc) is 2.90. The monoisotopic (exact) mass is 255 g/mol. The van der Waals surface area contributed by atoms with Crippen LogP contribution >= 0.6 is 0 Å². The minimum Gasteiger partial charge on any atom is -0.497 e. The lowest BCUT2D eigenvalue weighted by Crippen LogP contribution is -1.88. The lowest BCUT2D eigenvalue weighted by molar-refractivity contribution is 0.394. The van der Waals surface area contributed by atoms with Crippen molar-refractivity contribution in [3.8, 4) is 22.8 Å². The van der Waals surface area contributed by atoms with Crippen LogP contribution in [0.5, 0.6) is 11.5 Å². The number of benzene rings is 1. The number of H-pyrrole nitrogens is 1. The van der Waals surface area contributed by atoms with Gasteiger partial charge in [-0.3, -0.25) is 4.98 Å². The summed E-state index contributed by atoms with van der Waals surface area (Å²) < 4.78 is 10.5. The number of methoxy groups -OCH3 is 2. The third-order valence-electron chi connectivity index (χ3n) is 2.92. The fraction of sp³-hybridized carbons (Fsp3) is 0.143. The largest absolute Gasteiger partial charge is 0.497 e. The van der Waals surface area contributed by atoms with Crippen molar-refractivity contribution in [2.45, 2.75) is 0 Å². The summed E-state index contributed by atoms with van der Waals surface area (Å²) in [6, 6.07) is 7.67. The van der Waals surface area contributed by atoms with Gasteiger partial charge in [0.2, 0.25) is 0 Å². The van der Waals surface area contributed by atoms with E-state index in [1.165, 1.54) is 0 Å². The van der Waals surface area contributed by atoms with E-state index in [9.17, 15) is 0 Å². The zero-order valence-corrected chi connectivity index (χ0v) is 10.7. The minimum atomic E-state index is 0.744. The summed E-state index contributed by atoms with van der Waals surface area (Å²) in [5, 5.41) is 0. The summed E-state index contributed by atoms with van der Waals surface area (Å²) in [5.74, 6) is 1.49. The van der Waals surface area contributed by atoms with Crippen LogP contribution in [0.1, 0.15) is 0 Å². The first-order valence-corrected chi connectivity index (χ1v) is 5.83. The van der Waals surface area contributed by atoms with E-state index in [1.54, 1.807) is 26.6 Å². The highest BCUT2D eigenvalue weighted by molar-refractivity contribution is 5.80. The summed E-state index contributed by atoms with van der Waals surface area (Å²) in [6.07, 6.45) is 3.33. The van der Waals surface area contributed by atoms with Gasteiger partial charge in [0.1, 0.15) is 17.0 Å². The second-order valence-corrected chi connectivity index (χ2v) is 4.07. The van der Waals surface area contributed by atoms with E-state index in [2.05, 4.69) is 15.0 Å². The molecule has 19 heavy (non-hydrogen) atoms. The third kappa shape index (κ3) is 2.10. The first-order valence-electron chi connectivity index (χ1n) is 5.83. The average molecular weight is 255 g/mol. The van der Waals surface area contributed by atoms with Gasteiger partial charge in [-0.25, -0.2) is 4.98 Å². The van der Waals surface area contributed by atoms with Crippen LogP contribution in [0.3, 0.4) is 0 Å². The van der Waals surface area contributed by atoms with Crippen LogP contribution in [0.25, 0.3) is 22.4 Å². The second-order valence-electron chi connectivity index (χ2n) is 4.07. The molecule has 1 N–H and O–H groups in total. The smallest absolute Gasteiger partial charge is 0.156 e. The Kier molecular flexibility index (Phi) is 2.79. The standard InChI is InChI=1S/C14H13N3O2/c1-18-10-5-9(6-11(7-10)19-2)12-8-13-14(17-12)16-4-3-15-13/h3-8H,1-2H3,(H,16,17). The van der Waals surface area contributed by atoms with Gasteiger partial charge < -0.3 is 14.5 Å². The number of hydrogen-bond donors (Lipinski definition) is 1. The van der Waals surface area contributed by atoms with Crippen LogP contribution < -0.4 is 9.47 Å². The predicted octanol–water partition coefficient (Wildman–Crippen LogP) is 2.64. The Morgan fingerprint density at radius 2 is 1.58 bits per heavy atom. The molecule has 96 valence electrons. The molecule has 0 aliphatic carbocycles. The van der Waals surface area contributed by atoms with E-state index in [-0.39, 0.29) is 0 Å². The SMILES string of the molecule is COc1cc(OC)cc(-c2cc3nccnc3[nH]2)c1. The molecule has 3 aromatic rings. The van der Waals surface area contributed by atoms with Crippen molar-refractivity contribution in [2.75, 3.05) is 14.2 Å². The summed E-state index contributed by atoms with van der Waals surface area (Å²) in [7, 11) is 3.26. The van der Waals surface area contributed by atoms with Crippen LogP contribution in [0.2, 0.25) is 0 Å². The van der Waals surface area contributed by atoms with Crippen LogP contribution in [0.4, 0.5) is 0 Å². The Hall–Kier alpha value is -2.56. The van der Waals surface area contributed by atoms with Gasteiger partial charge in [-0.1, -0.05) is 0 Å². The maximum atomic E-state index is 5.27. The number of rotatable bonds is 3. The van der Waals surface area contributed by atoms with Crippen LogP contribution in [-0.2, 0) is 0 Å². The molecular weight excluding hydrogens is 242 g/mol. The zero-order valence-electron chi connectivity index (χ0n) is 10.7. The van der Waals surface area contributed by atoms with Gasteiger partial charge in [-0.2, -0.15) is 0 Å². The van der Waals surface area contributed by atoms with Crippen LogP contribution in [0.15, 0.2) is 36.7 Å². The molecule has 0 fully saturated rings. The fourth-order valence-electron chi connectivity index (χ4n) is 1.97. The molecule has 0 aliphatic heterocycles. The Morgan fingerprint density at radius 3 is 2.21 bits per heavy atom. The van der Waals surface area contributed by atoms with Crippen LogP contribution in [-0.4, -0.2) is 29.2 Å². The molecule has 0 aliphatic rings. The maximum Gasteiger partial charge on any atom is 0.156 e. The van der Waals surface area contributed by atoms with Gasteiger partial charge in [0.05, 0.1) is 14.2 Å². The lowest BCUT2D eigenvalue weighted by Gasteiger charge is -2.07. The fourth-order valence-corrected chi connectivity index (χ4v) is 1.97. The number of hydrogen-bond acceptors (Lipinski definition) is 4. The Balaban J connectivity index is 2.14. The zero-order chi connectivity index (χ0) is 13.2. The maximum absolute atomic E-state index is 5.27. The van der Waals surface area contributed by atoms with E-state index in [0.29, 0.717) is 0 Å². The number of aromatic nitrogens is 3. The molecule has 5 nitrogen and oxygen atoms in total. The van der Waals surface area contributed by atoms with Gasteiger partial charge in [0.25, 0.3) is 0 Å². The van der Waals surface area contributed by atoms with Gasteiger partial charge in [0.15, 0.2) is 5.65 Å². The van der Waals surface area contributed by atoms with Crippen molar-refractivity contribution in [3.63, 3.8) is 0 Å². The quantitative estimate of drug-likeness (QED) is 0.781. The molecule has 1 aromatic carbocycles. The van der Waals surface area contributed by atoms with Crippen molar-refractivity contribution in [3.05, 3.63) is 36.7 Å². The predicted molar refractivity (Wildman–Crippen MR) is 72.4 cm³/mol. The summed E-state index contributed by atoms with van der Waals surface area (Å²) in [4.78, 5) is 11.7. The molecule has 0 bridgehead atoms. The molecule has 3 rings (SSSR count). The Bertz CT molecular complexity index is 666. The first-order chi connectivity index (χ1) is 9.30. The summed E-state index contributed by atoms with van der Waals surface area (Å²) >= 11 is 0. The van der Waals surface area contributed by atoms with Crippen molar-refractivity contribution >= 4 is 11.2 Å². The highest BCUT2D eigenvalue weighted by atomic mass is 16.5. The highest BCUT2D eigenvalue weighted by Crippen LogP contribution is 2.30. The van der Waals surface area contributed by atoms with E-state index in [1.807, 2.05) is 24.3 Å². The third-order valence-corrected chi connectivity index (χ3v) is 2.92. The molecule has 2 aromatic heterocycles. The molecule has 0 spiro atoms. The second kappa shape index (κ2) is 4.61. The first kappa shape index (κ1) is 11.5. The number of fused-ring (bicyclic) bond motifs is 1. The van der Waals surface area contributed by atoms with Gasteiger partial charge >= 0.3 is 0 Å². The van der Waals surface area contributed by atoms with Gasteiger partial charge in [-0.15, -0.1) is 0 Å². The molecule has 0 amide bonds. The van der Waals surface area contributed by atoms with Crippen molar-refractivity contribution in [1.29, 1.82) is 0 Å². The van der Waals surface area contributed by atoms with Crippen molar-refractivity contribution in [1.82, 2.24) is 15.0 Å². The van der Waals surface area contributed by atoms with E-state index in [0.717, 1.165) is 33.9 Å². The summed E-state index contributed by atoms with van der Waals surface area (Å²) in [6.45, 7) is 0. The molecular formula is C14H13N3O2. The highest BCUT2D eigenvalue weighted by Gasteiger charge is 2.08. The summed E-state index contributed by atoms with van der Waals surface area (Å²) in [5.41, 5.74) is 3.49. The molecule has 5 heteroatoms. The normalized spacial score (nSPS) is 10.6. The Morgan fingerprint density at radius 1 is 0.895 bits per heavy atom. The van der Waals surface area contributed by atoms with E-state index in [4.69, 9.17) is 9.47 Å². The van der Waals surface area contributed by atoms with E-state index < -0.39 is 0 Å². The molecule has 0 radical (unpaired) electrons. The number of ether oxygens (including phenoxy) is 2. The van der Waals surface area contributed by atoms with Crippen molar-refractivity contribution < 1.29 is 9.47 Å². The molecule has 2 heterocycles. The number of aromatic amines is 1. The molecule has 0 saturated heterocycles. The number of nitrogens with one attached hydrogen (secondary N) is 1.